The van der Waals surface area contributed by atoms with E-state index in [4.69, 9.17) is 28.2 Å². The van der Waals surface area contributed by atoms with E-state index >= 15 is 0 Å². The van der Waals surface area contributed by atoms with E-state index in [0.29, 0.717) is 73.1 Å². The Bertz CT molecular complexity index is 2130. The predicted molar refractivity (Wildman–Crippen MR) is 197 cm³/mol. The summed E-state index contributed by atoms with van der Waals surface area (Å²) in [5.74, 6) is 0.0339. The lowest BCUT2D eigenvalue weighted by Crippen LogP contribution is -2.49. The van der Waals surface area contributed by atoms with E-state index in [1.807, 2.05) is 53.4 Å². The number of hydrogen-bond acceptors (Lipinski definition) is 6. The molecule has 7 rings (SSSR count). The monoisotopic (exact) mass is 710 g/mol. The number of benzene rings is 3. The molecule has 50 heavy (non-hydrogen) atoms. The van der Waals surface area contributed by atoms with Gasteiger partial charge in [0.2, 0.25) is 5.91 Å². The van der Waals surface area contributed by atoms with Crippen LogP contribution >= 0.6 is 23.2 Å². The maximum atomic E-state index is 13.6. The van der Waals surface area contributed by atoms with Gasteiger partial charge in [0.05, 0.1) is 39.9 Å². The number of carbonyl (C=O) groups excluding carboxylic acids is 2. The van der Waals surface area contributed by atoms with Crippen LogP contribution < -0.4 is 5.56 Å². The zero-order valence-electron chi connectivity index (χ0n) is 27.9. The quantitative estimate of drug-likeness (QED) is 0.149. The van der Waals surface area contributed by atoms with Crippen LogP contribution in [0.4, 0.5) is 0 Å². The lowest BCUT2D eigenvalue weighted by Gasteiger charge is -2.39. The number of aromatic nitrogens is 3. The summed E-state index contributed by atoms with van der Waals surface area (Å²) in [5, 5.41) is 14.0. The molecular formula is C40H40Cl2N4O4. The second-order valence-corrected chi connectivity index (χ2v) is 14.7. The molecule has 1 aliphatic heterocycles. The van der Waals surface area contributed by atoms with Crippen molar-refractivity contribution in [3.05, 3.63) is 116 Å². The number of ketones is 1. The molecular weight excluding hydrogens is 671 g/mol. The first-order valence-corrected chi connectivity index (χ1v) is 18.3. The first kappa shape index (κ1) is 34.3. The van der Waals surface area contributed by atoms with Crippen molar-refractivity contribution >= 4 is 56.7 Å². The van der Waals surface area contributed by atoms with E-state index in [1.54, 1.807) is 18.2 Å². The van der Waals surface area contributed by atoms with Crippen LogP contribution in [0.1, 0.15) is 84.5 Å². The first-order chi connectivity index (χ1) is 24.2. The molecule has 0 saturated carbocycles. The molecule has 2 aromatic heterocycles. The zero-order valence-corrected chi connectivity index (χ0v) is 29.4. The largest absolute Gasteiger partial charge is 0.388 e. The standard InChI is InChI=1S/C40H40Cl2N4O4/c41-29-14-16-32-34(23-29)43-25-46(39(32)49)24-40(50)17-19-45(20-18-40)37(48)22-27(26-7-2-1-3-8-26)9-6-12-36(47)28-13-15-31-35(21-28)44-33-11-5-4-10-30(33)38(31)42/h1-3,7-8,13-16,21,23,25,27,50H,4-6,9-12,17-20,22,24H2. The van der Waals surface area contributed by atoms with Crippen LogP contribution in [0.25, 0.3) is 21.8 Å². The Labute approximate surface area is 301 Å². The van der Waals surface area contributed by atoms with Gasteiger partial charge in [0.15, 0.2) is 5.78 Å². The Morgan fingerprint density at radius 2 is 1.68 bits per heavy atom. The molecule has 8 nitrogen and oxygen atoms in total. The number of aliphatic hydroxyl groups is 1. The third kappa shape index (κ3) is 7.34. The summed E-state index contributed by atoms with van der Waals surface area (Å²) in [6.07, 6.45) is 8.26. The first-order valence-electron chi connectivity index (χ1n) is 17.5. The Balaban J connectivity index is 0.968. The maximum absolute atomic E-state index is 13.6. The highest BCUT2D eigenvalue weighted by molar-refractivity contribution is 6.36. The molecule has 0 radical (unpaired) electrons. The van der Waals surface area contributed by atoms with Gasteiger partial charge in [-0.1, -0.05) is 65.7 Å². The molecule has 1 saturated heterocycles. The Hall–Kier alpha value is -4.11. The minimum absolute atomic E-state index is 0.0226. The third-order valence-corrected chi connectivity index (χ3v) is 11.1. The van der Waals surface area contributed by atoms with Gasteiger partial charge in [0, 0.05) is 47.6 Å². The molecule has 0 spiro atoms. The summed E-state index contributed by atoms with van der Waals surface area (Å²) in [6, 6.07) is 20.6. The van der Waals surface area contributed by atoms with Crippen molar-refractivity contribution < 1.29 is 14.7 Å². The van der Waals surface area contributed by atoms with E-state index < -0.39 is 5.60 Å². The lowest BCUT2D eigenvalue weighted by molar-refractivity contribution is -0.136. The highest BCUT2D eigenvalue weighted by atomic mass is 35.5. The van der Waals surface area contributed by atoms with Crippen molar-refractivity contribution in [3.63, 3.8) is 0 Å². The number of Topliss-reactive ketones (excluding diaryl/α,β-unsaturated/α-hetero) is 1. The number of amides is 1. The second-order valence-electron chi connectivity index (χ2n) is 13.9. The normalized spacial score (nSPS) is 16.3. The summed E-state index contributed by atoms with van der Waals surface area (Å²) in [6.45, 7) is 0.885. The molecule has 1 N–H and O–H groups in total. The maximum Gasteiger partial charge on any atom is 0.261 e. The van der Waals surface area contributed by atoms with Crippen LogP contribution in [0.5, 0.6) is 0 Å². The van der Waals surface area contributed by atoms with Crippen LogP contribution in [-0.4, -0.2) is 54.9 Å². The van der Waals surface area contributed by atoms with Crippen molar-refractivity contribution in [1.29, 1.82) is 0 Å². The Morgan fingerprint density at radius 3 is 2.48 bits per heavy atom. The second kappa shape index (κ2) is 14.6. The van der Waals surface area contributed by atoms with Gasteiger partial charge in [-0.25, -0.2) is 4.98 Å². The van der Waals surface area contributed by atoms with Crippen LogP contribution in [-0.2, 0) is 24.2 Å². The van der Waals surface area contributed by atoms with Gasteiger partial charge in [-0.15, -0.1) is 0 Å². The number of halogens is 2. The van der Waals surface area contributed by atoms with E-state index in [2.05, 4.69) is 4.98 Å². The summed E-state index contributed by atoms with van der Waals surface area (Å²) in [4.78, 5) is 51.1. The van der Waals surface area contributed by atoms with Gasteiger partial charge in [0.1, 0.15) is 0 Å². The Morgan fingerprint density at radius 1 is 0.920 bits per heavy atom. The van der Waals surface area contributed by atoms with Gasteiger partial charge in [-0.2, -0.15) is 0 Å². The Kier molecular flexibility index (Phi) is 10.0. The minimum atomic E-state index is -1.13. The van der Waals surface area contributed by atoms with Gasteiger partial charge in [-0.05, 0) is 92.7 Å². The summed E-state index contributed by atoms with van der Waals surface area (Å²) < 4.78 is 1.44. The third-order valence-electron chi connectivity index (χ3n) is 10.5. The number of piperidine rings is 1. The van der Waals surface area contributed by atoms with Crippen LogP contribution in [0.15, 0.2) is 77.9 Å². The van der Waals surface area contributed by atoms with E-state index in [1.165, 1.54) is 10.9 Å². The molecule has 3 aromatic carbocycles. The molecule has 1 amide bonds. The number of aryl methyl sites for hydroxylation is 1. The average Bonchev–Trinajstić information content (AvgIpc) is 3.13. The minimum Gasteiger partial charge on any atom is -0.388 e. The van der Waals surface area contributed by atoms with E-state index in [0.717, 1.165) is 58.4 Å². The number of carbonyl (C=O) groups is 2. The number of pyridine rings is 1. The fourth-order valence-corrected chi connectivity index (χ4v) is 8.07. The number of hydrogen-bond donors (Lipinski definition) is 1. The van der Waals surface area contributed by atoms with E-state index in [9.17, 15) is 19.5 Å². The topological polar surface area (TPSA) is 105 Å². The molecule has 1 aliphatic carbocycles. The molecule has 0 bridgehead atoms. The predicted octanol–water partition coefficient (Wildman–Crippen LogP) is 7.71. The van der Waals surface area contributed by atoms with Crippen LogP contribution in [0.3, 0.4) is 0 Å². The zero-order chi connectivity index (χ0) is 34.8. The molecule has 2 aliphatic rings. The van der Waals surface area contributed by atoms with Gasteiger partial charge in [0.25, 0.3) is 5.56 Å². The highest BCUT2D eigenvalue weighted by Gasteiger charge is 2.35. The fourth-order valence-electron chi connectivity index (χ4n) is 7.54. The van der Waals surface area contributed by atoms with Crippen molar-refractivity contribution in [2.24, 2.45) is 0 Å². The highest BCUT2D eigenvalue weighted by Crippen LogP contribution is 2.34. The molecule has 1 atom stereocenters. The smallest absolute Gasteiger partial charge is 0.261 e. The molecule has 1 fully saturated rings. The van der Waals surface area contributed by atoms with Gasteiger partial charge in [-0.3, -0.25) is 23.9 Å². The van der Waals surface area contributed by atoms with E-state index in [-0.39, 0.29) is 29.7 Å². The number of rotatable bonds is 10. The summed E-state index contributed by atoms with van der Waals surface area (Å²) in [5.41, 5.74) is 3.82. The average molecular weight is 712 g/mol. The fraction of sp³-hybridized carbons (Fsp3) is 0.375. The molecule has 258 valence electrons. The summed E-state index contributed by atoms with van der Waals surface area (Å²) >= 11 is 12.8. The molecule has 5 aromatic rings. The SMILES string of the molecule is O=C(CCCC(CC(=O)N1CCC(O)(Cn2cnc3cc(Cl)ccc3c2=O)CC1)c1ccccc1)c1ccc2c(Cl)c3c(nc2c1)CCCC3. The van der Waals surface area contributed by atoms with Crippen molar-refractivity contribution in [3.8, 4) is 0 Å². The number of nitrogens with zero attached hydrogens (tertiary/aromatic N) is 4. The summed E-state index contributed by atoms with van der Waals surface area (Å²) in [7, 11) is 0. The van der Waals surface area contributed by atoms with Crippen LogP contribution in [0, 0.1) is 0 Å². The number of fused-ring (bicyclic) bond motifs is 3. The molecule has 3 heterocycles. The molecule has 1 unspecified atom stereocenters. The van der Waals surface area contributed by atoms with Crippen molar-refractivity contribution in [2.45, 2.75) is 82.3 Å². The van der Waals surface area contributed by atoms with Crippen molar-refractivity contribution in [1.82, 2.24) is 19.4 Å². The lowest BCUT2D eigenvalue weighted by atomic mass is 9.87. The van der Waals surface area contributed by atoms with Gasteiger partial charge < -0.3 is 10.0 Å². The van der Waals surface area contributed by atoms with Gasteiger partial charge >= 0.3 is 0 Å². The van der Waals surface area contributed by atoms with Crippen molar-refractivity contribution in [2.75, 3.05) is 13.1 Å². The molecule has 10 heteroatoms. The number of likely N-dealkylation sites (tertiary alicyclic amines) is 1. The van der Waals surface area contributed by atoms with Crippen LogP contribution in [0.2, 0.25) is 10.0 Å².